The molecule has 31 heavy (non-hydrogen) atoms. The number of rotatable bonds is 5. The Morgan fingerprint density at radius 3 is 2.10 bits per heavy atom. The van der Waals surface area contributed by atoms with E-state index in [-0.39, 0.29) is 17.2 Å². The SMILES string of the molecule is CCC1(CC)CC2(CC(C)(C)N1OC(C)c1ccccc1)OC1C3CCCCC3C1O2. The van der Waals surface area contributed by atoms with Crippen molar-refractivity contribution >= 4 is 0 Å². The van der Waals surface area contributed by atoms with Gasteiger partial charge < -0.3 is 9.47 Å². The highest BCUT2D eigenvalue weighted by atomic mass is 16.8. The summed E-state index contributed by atoms with van der Waals surface area (Å²) in [6.45, 7) is 11.4. The lowest BCUT2D eigenvalue weighted by Crippen LogP contribution is -2.67. The summed E-state index contributed by atoms with van der Waals surface area (Å²) in [5, 5.41) is 2.34. The molecule has 0 aromatic heterocycles. The first kappa shape index (κ1) is 21.9. The van der Waals surface area contributed by atoms with Crippen LogP contribution >= 0.6 is 0 Å². The zero-order chi connectivity index (χ0) is 21.9. The van der Waals surface area contributed by atoms with Gasteiger partial charge in [-0.3, -0.25) is 4.84 Å². The number of hydroxylamine groups is 2. The van der Waals surface area contributed by atoms with Crippen molar-refractivity contribution in [3.8, 4) is 0 Å². The van der Waals surface area contributed by atoms with E-state index >= 15 is 0 Å². The van der Waals surface area contributed by atoms with Crippen LogP contribution in [0.5, 0.6) is 0 Å². The Labute approximate surface area is 188 Å². The van der Waals surface area contributed by atoms with Gasteiger partial charge in [0.05, 0.1) is 17.7 Å². The molecule has 4 heteroatoms. The Balaban J connectivity index is 1.41. The van der Waals surface area contributed by atoms with Crippen LogP contribution in [0.15, 0.2) is 30.3 Å². The van der Waals surface area contributed by atoms with E-state index in [9.17, 15) is 0 Å². The van der Waals surface area contributed by atoms with Gasteiger partial charge in [0.1, 0.15) is 6.10 Å². The molecule has 2 saturated carbocycles. The Kier molecular flexibility index (Phi) is 5.53. The van der Waals surface area contributed by atoms with Gasteiger partial charge in [-0.15, -0.1) is 0 Å². The van der Waals surface area contributed by atoms with Gasteiger partial charge in [-0.05, 0) is 63.9 Å². The summed E-state index contributed by atoms with van der Waals surface area (Å²) in [4.78, 5) is 6.78. The summed E-state index contributed by atoms with van der Waals surface area (Å²) in [5.74, 6) is 0.996. The number of hydrogen-bond acceptors (Lipinski definition) is 4. The molecule has 2 aliphatic heterocycles. The lowest BCUT2D eigenvalue weighted by atomic mass is 9.61. The summed E-state index contributed by atoms with van der Waals surface area (Å²) in [7, 11) is 0. The molecule has 5 rings (SSSR count). The third-order valence-corrected chi connectivity index (χ3v) is 8.87. The molecule has 4 aliphatic rings. The van der Waals surface area contributed by atoms with Crippen molar-refractivity contribution < 1.29 is 14.3 Å². The molecule has 0 bridgehead atoms. The number of benzene rings is 1. The zero-order valence-corrected chi connectivity index (χ0v) is 20.1. The minimum Gasteiger partial charge on any atom is -0.344 e. The molecule has 172 valence electrons. The average Bonchev–Trinajstić information content (AvgIpc) is 3.08. The number of hydrogen-bond donors (Lipinski definition) is 0. The fourth-order valence-corrected chi connectivity index (χ4v) is 7.34. The first-order valence-electron chi connectivity index (χ1n) is 12.7. The van der Waals surface area contributed by atoms with Crippen LogP contribution < -0.4 is 0 Å². The molecular weight excluding hydrogens is 386 g/mol. The number of ether oxygens (including phenoxy) is 2. The van der Waals surface area contributed by atoms with E-state index in [0.29, 0.717) is 12.2 Å². The van der Waals surface area contributed by atoms with Gasteiger partial charge in [-0.25, -0.2) is 0 Å². The quantitative estimate of drug-likeness (QED) is 0.543. The smallest absolute Gasteiger partial charge is 0.173 e. The molecule has 1 aromatic carbocycles. The summed E-state index contributed by atoms with van der Waals surface area (Å²) in [6.07, 6.45) is 9.81. The van der Waals surface area contributed by atoms with Gasteiger partial charge in [-0.2, -0.15) is 5.06 Å². The van der Waals surface area contributed by atoms with Crippen LogP contribution in [0.3, 0.4) is 0 Å². The summed E-state index contributed by atoms with van der Waals surface area (Å²) in [5.41, 5.74) is 0.942. The zero-order valence-electron chi connectivity index (χ0n) is 20.1. The van der Waals surface area contributed by atoms with E-state index in [4.69, 9.17) is 14.3 Å². The van der Waals surface area contributed by atoms with E-state index in [1.165, 1.54) is 31.2 Å². The van der Waals surface area contributed by atoms with Gasteiger partial charge in [0.25, 0.3) is 0 Å². The van der Waals surface area contributed by atoms with Crippen LogP contribution in [0.2, 0.25) is 0 Å². The maximum Gasteiger partial charge on any atom is 0.173 e. The van der Waals surface area contributed by atoms with Gasteiger partial charge in [0.15, 0.2) is 5.79 Å². The highest BCUT2D eigenvalue weighted by Gasteiger charge is 2.67. The number of nitrogens with zero attached hydrogens (tertiary/aromatic N) is 1. The van der Waals surface area contributed by atoms with E-state index in [1.807, 2.05) is 0 Å². The normalized spacial score (nSPS) is 39.5. The van der Waals surface area contributed by atoms with Crippen LogP contribution in [0.25, 0.3) is 0 Å². The van der Waals surface area contributed by atoms with Crippen LogP contribution in [0, 0.1) is 11.8 Å². The third kappa shape index (κ3) is 3.49. The highest BCUT2D eigenvalue weighted by molar-refractivity contribution is 5.17. The van der Waals surface area contributed by atoms with Crippen LogP contribution in [0.1, 0.15) is 97.7 Å². The van der Waals surface area contributed by atoms with Crippen molar-refractivity contribution in [3.05, 3.63) is 35.9 Å². The first-order valence-corrected chi connectivity index (χ1v) is 12.7. The monoisotopic (exact) mass is 427 g/mol. The van der Waals surface area contributed by atoms with E-state index < -0.39 is 5.79 Å². The van der Waals surface area contributed by atoms with E-state index in [0.717, 1.165) is 37.5 Å². The topological polar surface area (TPSA) is 30.9 Å². The van der Waals surface area contributed by atoms with Gasteiger partial charge in [0.2, 0.25) is 0 Å². The molecular formula is C27H41NO3. The van der Waals surface area contributed by atoms with Crippen LogP contribution in [-0.2, 0) is 14.3 Å². The van der Waals surface area contributed by atoms with Gasteiger partial charge in [-0.1, -0.05) is 57.0 Å². The van der Waals surface area contributed by atoms with Gasteiger partial charge >= 0.3 is 0 Å². The molecule has 2 heterocycles. The lowest BCUT2D eigenvalue weighted by Gasteiger charge is -2.59. The Morgan fingerprint density at radius 2 is 1.55 bits per heavy atom. The molecule has 5 unspecified atom stereocenters. The summed E-state index contributed by atoms with van der Waals surface area (Å²) < 4.78 is 13.8. The largest absolute Gasteiger partial charge is 0.344 e. The third-order valence-electron chi connectivity index (χ3n) is 8.87. The highest BCUT2D eigenvalue weighted by Crippen LogP contribution is 2.60. The molecule has 5 atom stereocenters. The Hall–Kier alpha value is -0.940. The molecule has 1 aromatic rings. The van der Waals surface area contributed by atoms with Crippen molar-refractivity contribution in [2.75, 3.05) is 0 Å². The minimum atomic E-state index is -0.460. The van der Waals surface area contributed by atoms with Crippen molar-refractivity contribution in [1.29, 1.82) is 0 Å². The second-order valence-electron chi connectivity index (χ2n) is 11.2. The first-order chi connectivity index (χ1) is 14.8. The second-order valence-corrected chi connectivity index (χ2v) is 11.2. The molecule has 2 saturated heterocycles. The molecule has 0 radical (unpaired) electrons. The average molecular weight is 428 g/mol. The fourth-order valence-electron chi connectivity index (χ4n) is 7.34. The maximum atomic E-state index is 6.89. The summed E-state index contributed by atoms with van der Waals surface area (Å²) in [6, 6.07) is 10.6. The molecule has 1 spiro atoms. The van der Waals surface area contributed by atoms with Crippen molar-refractivity contribution in [2.45, 2.75) is 121 Å². The Morgan fingerprint density at radius 1 is 0.968 bits per heavy atom. The maximum absolute atomic E-state index is 6.89. The minimum absolute atomic E-state index is 0.0106. The second kappa shape index (κ2) is 7.83. The fraction of sp³-hybridized carbons (Fsp3) is 0.778. The predicted octanol–water partition coefficient (Wildman–Crippen LogP) is 6.41. The molecule has 4 fully saturated rings. The lowest BCUT2D eigenvalue weighted by molar-refractivity contribution is -0.360. The van der Waals surface area contributed by atoms with Crippen LogP contribution in [-0.4, -0.2) is 34.1 Å². The predicted molar refractivity (Wildman–Crippen MR) is 122 cm³/mol. The van der Waals surface area contributed by atoms with E-state index in [2.05, 4.69) is 70.0 Å². The van der Waals surface area contributed by atoms with Crippen molar-refractivity contribution in [3.63, 3.8) is 0 Å². The van der Waals surface area contributed by atoms with E-state index in [1.54, 1.807) is 0 Å². The molecule has 4 nitrogen and oxygen atoms in total. The van der Waals surface area contributed by atoms with Gasteiger partial charge in [0, 0.05) is 18.4 Å². The molecule has 2 aliphatic carbocycles. The number of fused-ring (bicyclic) bond motifs is 4. The Bertz CT molecular complexity index is 754. The van der Waals surface area contributed by atoms with Crippen molar-refractivity contribution in [1.82, 2.24) is 5.06 Å². The number of piperidine rings is 1. The van der Waals surface area contributed by atoms with Crippen LogP contribution in [0.4, 0.5) is 0 Å². The van der Waals surface area contributed by atoms with Crippen molar-refractivity contribution in [2.24, 2.45) is 11.8 Å². The standard InChI is InChI=1S/C27H41NO3/c1-6-26(7-2)18-27(29-23-21-15-11-12-16-22(21)24(23)30-27)17-25(4,5)28(26)31-19(3)20-13-9-8-10-14-20/h8-10,13-14,19,21-24H,6-7,11-12,15-18H2,1-5H3. The molecule has 0 amide bonds. The summed E-state index contributed by atoms with van der Waals surface area (Å²) >= 11 is 0. The molecule has 0 N–H and O–H groups in total.